The van der Waals surface area contributed by atoms with Crippen molar-refractivity contribution in [2.24, 2.45) is 0 Å². The van der Waals surface area contributed by atoms with Gasteiger partial charge in [0, 0.05) is 25.7 Å². The predicted octanol–water partition coefficient (Wildman–Crippen LogP) is 22.6. The van der Waals surface area contributed by atoms with Crippen LogP contribution < -0.4 is 0 Å². The van der Waals surface area contributed by atoms with Gasteiger partial charge in [-0.2, -0.15) is 0 Å². The lowest BCUT2D eigenvalue weighted by atomic mass is 10.0. The molecule has 17 nitrogen and oxygen atoms in total. The summed E-state index contributed by atoms with van der Waals surface area (Å²) in [7, 11) is -9.90. The van der Waals surface area contributed by atoms with Crippen LogP contribution in [0.3, 0.4) is 0 Å². The number of phosphoric ester groups is 2. The van der Waals surface area contributed by atoms with Crippen molar-refractivity contribution in [1.82, 2.24) is 0 Å². The number of aliphatic hydroxyl groups excluding tert-OH is 1. The lowest BCUT2D eigenvalue weighted by Crippen LogP contribution is -2.30. The molecule has 3 N–H and O–H groups in total. The summed E-state index contributed by atoms with van der Waals surface area (Å²) in [6, 6.07) is 0. The van der Waals surface area contributed by atoms with E-state index in [0.29, 0.717) is 25.7 Å². The Labute approximate surface area is 581 Å². The molecule has 0 saturated carbocycles. The molecule has 0 aliphatic rings. The van der Waals surface area contributed by atoms with E-state index in [-0.39, 0.29) is 25.7 Å². The Kier molecular flexibility index (Phi) is 69.1. The third-order valence-electron chi connectivity index (χ3n) is 17.9. The molecule has 2 unspecified atom stereocenters. The molecule has 0 aromatic carbocycles. The van der Waals surface area contributed by atoms with E-state index < -0.39 is 97.5 Å². The van der Waals surface area contributed by atoms with Crippen molar-refractivity contribution in [3.05, 3.63) is 0 Å². The molecule has 0 rings (SSSR count). The van der Waals surface area contributed by atoms with Gasteiger partial charge in [0.15, 0.2) is 12.2 Å². The number of esters is 4. The van der Waals surface area contributed by atoms with Crippen LogP contribution in [0.25, 0.3) is 0 Å². The highest BCUT2D eigenvalue weighted by Gasteiger charge is 2.30. The van der Waals surface area contributed by atoms with Crippen molar-refractivity contribution < 1.29 is 80.2 Å². The highest BCUT2D eigenvalue weighted by atomic mass is 31.2. The first-order valence-electron chi connectivity index (χ1n) is 39.8. The van der Waals surface area contributed by atoms with E-state index in [2.05, 4.69) is 27.7 Å². The summed E-state index contributed by atoms with van der Waals surface area (Å²) in [5.74, 6) is -2.12. The van der Waals surface area contributed by atoms with E-state index in [1.54, 1.807) is 0 Å². The van der Waals surface area contributed by atoms with Gasteiger partial charge < -0.3 is 33.8 Å². The number of hydrogen-bond donors (Lipinski definition) is 3. The maximum absolute atomic E-state index is 13.1. The van der Waals surface area contributed by atoms with Crippen LogP contribution in [-0.2, 0) is 65.4 Å². The molecule has 0 bridgehead atoms. The Bertz CT molecular complexity index is 1810. The van der Waals surface area contributed by atoms with Crippen molar-refractivity contribution in [3.63, 3.8) is 0 Å². The molecule has 0 fully saturated rings. The minimum atomic E-state index is -4.95. The number of hydrogen-bond acceptors (Lipinski definition) is 15. The number of phosphoric acid groups is 2. The number of carbonyl (C=O) groups is 4. The summed E-state index contributed by atoms with van der Waals surface area (Å²) < 4.78 is 68.3. The molecule has 564 valence electrons. The van der Waals surface area contributed by atoms with Crippen molar-refractivity contribution >= 4 is 39.5 Å². The second kappa shape index (κ2) is 70.5. The number of ether oxygens (including phenoxy) is 4. The van der Waals surface area contributed by atoms with Gasteiger partial charge >= 0.3 is 39.5 Å². The molecule has 19 heteroatoms. The highest BCUT2D eigenvalue weighted by molar-refractivity contribution is 7.47. The fourth-order valence-electron chi connectivity index (χ4n) is 11.8. The minimum Gasteiger partial charge on any atom is -0.462 e. The zero-order chi connectivity index (χ0) is 69.7. The number of carbonyl (C=O) groups excluding carboxylic acids is 4. The first-order valence-corrected chi connectivity index (χ1v) is 42.8. The topological polar surface area (TPSA) is 237 Å². The van der Waals surface area contributed by atoms with Gasteiger partial charge in [-0.3, -0.25) is 37.3 Å². The number of rotatable bonds is 77. The Hall–Kier alpha value is -1.94. The van der Waals surface area contributed by atoms with E-state index in [4.69, 9.17) is 37.0 Å². The second-order valence-corrected chi connectivity index (χ2v) is 30.3. The monoisotopic (exact) mass is 1400 g/mol. The SMILES string of the molecule is CCCCCCCCCCCCCCCCCCCCCCCCC(=O)O[C@H](COC(=O)CCCCCCCCCCCCCCCC)COP(=O)(O)OC[C@@H](O)COP(=O)(O)OC[C@@H](COC(=O)CCCCCCC)OC(=O)CCCCCCCCCCCCCCCC. The standard InChI is InChI=1S/C76H148O17P2/c1-5-9-13-17-20-23-26-29-32-33-34-35-36-37-38-39-42-45-48-51-55-59-63-76(81)93-72(67-87-74(79)61-57-53-49-46-43-40-30-27-24-21-18-14-10-6-2)69-91-95(84,85)89-65-70(77)64-88-94(82,83)90-68-71(66-86-73(78)60-56-52-16-12-8-4)92-75(80)62-58-54-50-47-44-41-31-28-25-22-19-15-11-7-3/h70-72,77H,5-69H2,1-4H3,(H,82,83)(H,84,85)/t70-,71+,72+/m0/s1. The third-order valence-corrected chi connectivity index (χ3v) is 19.8. The van der Waals surface area contributed by atoms with Crippen LogP contribution in [0, 0.1) is 0 Å². The van der Waals surface area contributed by atoms with Gasteiger partial charge in [-0.15, -0.1) is 0 Å². The van der Waals surface area contributed by atoms with E-state index in [0.717, 1.165) is 96.3 Å². The van der Waals surface area contributed by atoms with Gasteiger partial charge in [-0.25, -0.2) is 9.13 Å². The zero-order valence-corrected chi connectivity index (χ0v) is 63.4. The van der Waals surface area contributed by atoms with Gasteiger partial charge in [-0.1, -0.05) is 355 Å². The van der Waals surface area contributed by atoms with Crippen LogP contribution in [0.5, 0.6) is 0 Å². The molecule has 0 aromatic rings. The molecule has 0 radical (unpaired) electrons. The first kappa shape index (κ1) is 93.1. The summed E-state index contributed by atoms with van der Waals surface area (Å²) in [6.45, 7) is 4.90. The van der Waals surface area contributed by atoms with E-state index in [1.165, 1.54) is 231 Å². The van der Waals surface area contributed by atoms with E-state index in [9.17, 15) is 43.2 Å². The molecular weight excluding hydrogens is 1250 g/mol. The first-order chi connectivity index (χ1) is 46.2. The largest absolute Gasteiger partial charge is 0.472 e. The van der Waals surface area contributed by atoms with Gasteiger partial charge in [0.05, 0.1) is 26.4 Å². The molecule has 0 heterocycles. The Morgan fingerprint density at radius 1 is 0.253 bits per heavy atom. The normalized spacial score (nSPS) is 13.9. The van der Waals surface area contributed by atoms with Crippen molar-refractivity contribution in [2.75, 3.05) is 39.6 Å². The molecule has 0 amide bonds. The van der Waals surface area contributed by atoms with E-state index >= 15 is 0 Å². The Morgan fingerprint density at radius 2 is 0.421 bits per heavy atom. The van der Waals surface area contributed by atoms with Crippen LogP contribution in [0.2, 0.25) is 0 Å². The third kappa shape index (κ3) is 70.3. The smallest absolute Gasteiger partial charge is 0.462 e. The lowest BCUT2D eigenvalue weighted by Gasteiger charge is -2.21. The molecule has 95 heavy (non-hydrogen) atoms. The molecule has 0 saturated heterocycles. The van der Waals surface area contributed by atoms with Crippen LogP contribution in [-0.4, -0.2) is 96.7 Å². The second-order valence-electron chi connectivity index (χ2n) is 27.4. The summed E-state index contributed by atoms with van der Waals surface area (Å²) in [6.07, 6.45) is 61.5. The van der Waals surface area contributed by atoms with Crippen LogP contribution in [0.4, 0.5) is 0 Å². The Morgan fingerprint density at radius 3 is 0.621 bits per heavy atom. The fourth-order valence-corrected chi connectivity index (χ4v) is 13.3. The van der Waals surface area contributed by atoms with Gasteiger partial charge in [0.25, 0.3) is 0 Å². The summed E-state index contributed by atoms with van der Waals surface area (Å²) in [5, 5.41) is 10.6. The van der Waals surface area contributed by atoms with Crippen LogP contribution in [0.15, 0.2) is 0 Å². The molecular formula is C76H148O17P2. The molecule has 0 aliphatic carbocycles. The molecule has 0 aliphatic heterocycles. The summed E-state index contributed by atoms with van der Waals surface area (Å²) in [5.41, 5.74) is 0. The number of unbranched alkanes of at least 4 members (excludes halogenated alkanes) is 51. The van der Waals surface area contributed by atoms with E-state index in [1.807, 2.05) is 0 Å². The molecule has 0 spiro atoms. The van der Waals surface area contributed by atoms with Crippen LogP contribution in [0.1, 0.15) is 407 Å². The Balaban J connectivity index is 5.10. The maximum Gasteiger partial charge on any atom is 0.472 e. The number of aliphatic hydroxyl groups is 1. The van der Waals surface area contributed by atoms with Crippen molar-refractivity contribution in [3.8, 4) is 0 Å². The van der Waals surface area contributed by atoms with Crippen molar-refractivity contribution in [2.45, 2.75) is 425 Å². The summed E-state index contributed by atoms with van der Waals surface area (Å²) >= 11 is 0. The predicted molar refractivity (Wildman–Crippen MR) is 386 cm³/mol. The highest BCUT2D eigenvalue weighted by Crippen LogP contribution is 2.45. The maximum atomic E-state index is 13.1. The van der Waals surface area contributed by atoms with Gasteiger partial charge in [-0.05, 0) is 25.7 Å². The zero-order valence-electron chi connectivity index (χ0n) is 61.6. The average molecular weight is 1400 g/mol. The fraction of sp³-hybridized carbons (Fsp3) is 0.947. The summed E-state index contributed by atoms with van der Waals surface area (Å²) in [4.78, 5) is 72.5. The van der Waals surface area contributed by atoms with Crippen LogP contribution >= 0.6 is 15.6 Å². The van der Waals surface area contributed by atoms with Gasteiger partial charge in [0.2, 0.25) is 0 Å². The molecule has 5 atom stereocenters. The molecule has 0 aromatic heterocycles. The van der Waals surface area contributed by atoms with Crippen molar-refractivity contribution in [1.29, 1.82) is 0 Å². The quantitative estimate of drug-likeness (QED) is 0.0222. The van der Waals surface area contributed by atoms with Gasteiger partial charge in [0.1, 0.15) is 19.3 Å². The lowest BCUT2D eigenvalue weighted by molar-refractivity contribution is -0.161. The minimum absolute atomic E-state index is 0.108. The average Bonchev–Trinajstić information content (AvgIpc) is 1.82.